The fraction of sp³-hybridized carbons (Fsp3) is 0.619. The summed E-state index contributed by atoms with van der Waals surface area (Å²) >= 11 is 0. The molecule has 2 bridgehead atoms. The third kappa shape index (κ3) is 2.75. The van der Waals surface area contributed by atoms with Crippen molar-refractivity contribution in [1.82, 2.24) is 10.2 Å². The Morgan fingerprint density at radius 1 is 1.29 bits per heavy atom. The van der Waals surface area contributed by atoms with Crippen molar-refractivity contribution in [2.45, 2.75) is 31.4 Å². The van der Waals surface area contributed by atoms with Crippen LogP contribution in [0.2, 0.25) is 0 Å². The number of hydrogen-bond donors (Lipinski definition) is 1. The highest BCUT2D eigenvalue weighted by atomic mass is 16.5. The van der Waals surface area contributed by atoms with Crippen LogP contribution < -0.4 is 14.8 Å². The molecule has 3 aliphatic carbocycles. The van der Waals surface area contributed by atoms with Gasteiger partial charge in [-0.15, -0.1) is 0 Å². The Labute approximate surface area is 164 Å². The highest BCUT2D eigenvalue weighted by molar-refractivity contribution is 5.98. The van der Waals surface area contributed by atoms with Crippen LogP contribution in [0.15, 0.2) is 18.2 Å². The van der Waals surface area contributed by atoms with E-state index in [9.17, 15) is 9.59 Å². The molecule has 1 saturated heterocycles. The predicted molar refractivity (Wildman–Crippen MR) is 100 cm³/mol. The molecule has 1 aromatic carbocycles. The second-order valence-corrected chi connectivity index (χ2v) is 8.33. The summed E-state index contributed by atoms with van der Waals surface area (Å²) in [6.45, 7) is 2.60. The Morgan fingerprint density at radius 2 is 2.11 bits per heavy atom. The second kappa shape index (κ2) is 6.65. The lowest BCUT2D eigenvalue weighted by Crippen LogP contribution is -2.67. The fourth-order valence-electron chi connectivity index (χ4n) is 5.44. The van der Waals surface area contributed by atoms with Crippen LogP contribution in [0.4, 0.5) is 0 Å². The van der Waals surface area contributed by atoms with Crippen molar-refractivity contribution in [2.75, 3.05) is 33.4 Å². The summed E-state index contributed by atoms with van der Waals surface area (Å²) in [5, 5.41) is 3.15. The third-order valence-corrected chi connectivity index (χ3v) is 6.91. The predicted octanol–water partition coefficient (Wildman–Crippen LogP) is 1.81. The molecule has 1 N–H and O–H groups in total. The summed E-state index contributed by atoms with van der Waals surface area (Å²) in [6.07, 6.45) is 3.43. The SMILES string of the molecule is COc1ccc2c(c1)O[C@@]1(C[C@H]3CC[C@H]1C[C@@H]3C(=O)N1CCOCC1)NC2=O. The average Bonchev–Trinajstić information content (AvgIpc) is 2.73. The molecule has 6 rings (SSSR count). The summed E-state index contributed by atoms with van der Waals surface area (Å²) < 4.78 is 17.1. The van der Waals surface area contributed by atoms with Crippen LogP contribution in [-0.4, -0.2) is 55.9 Å². The molecule has 150 valence electrons. The molecule has 0 radical (unpaired) electrons. The van der Waals surface area contributed by atoms with E-state index >= 15 is 0 Å². The number of benzene rings is 1. The van der Waals surface area contributed by atoms with E-state index in [0.717, 1.165) is 19.3 Å². The topological polar surface area (TPSA) is 77.1 Å². The van der Waals surface area contributed by atoms with Crippen LogP contribution >= 0.6 is 0 Å². The third-order valence-electron chi connectivity index (χ3n) is 6.91. The number of amides is 2. The summed E-state index contributed by atoms with van der Waals surface area (Å²) in [5.74, 6) is 1.78. The van der Waals surface area contributed by atoms with E-state index in [4.69, 9.17) is 14.2 Å². The van der Waals surface area contributed by atoms with Crippen LogP contribution in [0.5, 0.6) is 11.5 Å². The van der Waals surface area contributed by atoms with Gasteiger partial charge in [-0.2, -0.15) is 0 Å². The van der Waals surface area contributed by atoms with E-state index in [1.54, 1.807) is 25.3 Å². The van der Waals surface area contributed by atoms with Gasteiger partial charge >= 0.3 is 0 Å². The van der Waals surface area contributed by atoms with E-state index in [0.29, 0.717) is 49.8 Å². The maximum atomic E-state index is 13.1. The molecule has 3 saturated carbocycles. The number of methoxy groups -OCH3 is 1. The van der Waals surface area contributed by atoms with Gasteiger partial charge in [0.1, 0.15) is 11.5 Å². The lowest BCUT2D eigenvalue weighted by Gasteiger charge is -2.55. The zero-order chi connectivity index (χ0) is 19.3. The van der Waals surface area contributed by atoms with Crippen molar-refractivity contribution in [1.29, 1.82) is 0 Å². The molecule has 4 fully saturated rings. The van der Waals surface area contributed by atoms with Gasteiger partial charge in [0.05, 0.1) is 25.9 Å². The number of ether oxygens (including phenoxy) is 3. The lowest BCUT2D eigenvalue weighted by atomic mass is 9.59. The van der Waals surface area contributed by atoms with Gasteiger partial charge in [-0.25, -0.2) is 0 Å². The Morgan fingerprint density at radius 3 is 2.82 bits per heavy atom. The number of morpholine rings is 1. The highest BCUT2D eigenvalue weighted by Crippen LogP contribution is 2.53. The number of nitrogens with zero attached hydrogens (tertiary/aromatic N) is 1. The summed E-state index contributed by atoms with van der Waals surface area (Å²) in [6, 6.07) is 5.29. The van der Waals surface area contributed by atoms with Gasteiger partial charge in [0, 0.05) is 37.4 Å². The first-order valence-corrected chi connectivity index (χ1v) is 10.2. The second-order valence-electron chi connectivity index (χ2n) is 8.33. The minimum absolute atomic E-state index is 0.0229. The Balaban J connectivity index is 1.38. The minimum atomic E-state index is -0.707. The Bertz CT molecular complexity index is 806. The standard InChI is InChI=1S/C21H26N2O5/c1-26-15-4-5-16-18(11-15)28-21(22-19(16)24)12-13-2-3-14(21)10-17(13)20(25)23-6-8-27-9-7-23/h4-5,11,13-14,17H,2-3,6-10,12H2,1H3,(H,22,24)/t13-,14+,17+,21-/m1/s1. The maximum absolute atomic E-state index is 13.1. The van der Waals surface area contributed by atoms with Crippen molar-refractivity contribution in [3.8, 4) is 11.5 Å². The van der Waals surface area contributed by atoms with Crippen molar-refractivity contribution in [3.63, 3.8) is 0 Å². The molecule has 2 amide bonds. The van der Waals surface area contributed by atoms with E-state index in [2.05, 4.69) is 5.32 Å². The molecule has 0 aromatic heterocycles. The number of hydrogen-bond acceptors (Lipinski definition) is 5. The summed E-state index contributed by atoms with van der Waals surface area (Å²) in [5.41, 5.74) is -0.171. The highest BCUT2D eigenvalue weighted by Gasteiger charge is 2.57. The fourth-order valence-corrected chi connectivity index (χ4v) is 5.44. The monoisotopic (exact) mass is 386 g/mol. The summed E-state index contributed by atoms with van der Waals surface area (Å²) in [7, 11) is 1.60. The molecular weight excluding hydrogens is 360 g/mol. The van der Waals surface area contributed by atoms with E-state index in [1.807, 2.05) is 4.90 Å². The maximum Gasteiger partial charge on any atom is 0.258 e. The van der Waals surface area contributed by atoms with Crippen LogP contribution in [0.25, 0.3) is 0 Å². The molecule has 4 atom stereocenters. The minimum Gasteiger partial charge on any atom is -0.497 e. The number of carbonyl (C=O) groups excluding carboxylic acids is 2. The van der Waals surface area contributed by atoms with Gasteiger partial charge in [0.25, 0.3) is 5.91 Å². The molecule has 7 nitrogen and oxygen atoms in total. The van der Waals surface area contributed by atoms with Crippen LogP contribution in [0, 0.1) is 17.8 Å². The lowest BCUT2D eigenvalue weighted by molar-refractivity contribution is -0.158. The zero-order valence-corrected chi connectivity index (χ0v) is 16.1. The molecule has 5 aliphatic rings. The van der Waals surface area contributed by atoms with Gasteiger partial charge in [-0.1, -0.05) is 0 Å². The summed E-state index contributed by atoms with van der Waals surface area (Å²) in [4.78, 5) is 27.8. The molecule has 7 heteroatoms. The average molecular weight is 386 g/mol. The van der Waals surface area contributed by atoms with E-state index in [1.165, 1.54) is 0 Å². The molecule has 2 aliphatic heterocycles. The van der Waals surface area contributed by atoms with Gasteiger partial charge in [-0.3, -0.25) is 9.59 Å². The van der Waals surface area contributed by atoms with Crippen molar-refractivity contribution >= 4 is 11.8 Å². The molecular formula is C21H26N2O5. The van der Waals surface area contributed by atoms with Crippen LogP contribution in [0.1, 0.15) is 36.0 Å². The first-order chi connectivity index (χ1) is 13.6. The first kappa shape index (κ1) is 17.8. The van der Waals surface area contributed by atoms with E-state index < -0.39 is 5.72 Å². The number of nitrogens with one attached hydrogen (secondary N) is 1. The molecule has 28 heavy (non-hydrogen) atoms. The normalized spacial score (nSPS) is 33.8. The van der Waals surface area contributed by atoms with Gasteiger partial charge in [-0.05, 0) is 37.3 Å². The van der Waals surface area contributed by atoms with Crippen molar-refractivity contribution in [2.24, 2.45) is 17.8 Å². The number of rotatable bonds is 2. The Kier molecular flexibility index (Phi) is 4.23. The largest absolute Gasteiger partial charge is 0.497 e. The van der Waals surface area contributed by atoms with Crippen LogP contribution in [0.3, 0.4) is 0 Å². The van der Waals surface area contributed by atoms with Crippen molar-refractivity contribution in [3.05, 3.63) is 23.8 Å². The zero-order valence-electron chi connectivity index (χ0n) is 16.1. The van der Waals surface area contributed by atoms with Gasteiger partial charge in [0.15, 0.2) is 5.72 Å². The molecule has 1 aromatic rings. The first-order valence-electron chi connectivity index (χ1n) is 10.2. The van der Waals surface area contributed by atoms with Gasteiger partial charge in [0.2, 0.25) is 5.91 Å². The quantitative estimate of drug-likeness (QED) is 0.839. The van der Waals surface area contributed by atoms with E-state index in [-0.39, 0.29) is 29.6 Å². The smallest absolute Gasteiger partial charge is 0.258 e. The van der Waals surface area contributed by atoms with Crippen LogP contribution in [-0.2, 0) is 9.53 Å². The van der Waals surface area contributed by atoms with Crippen molar-refractivity contribution < 1.29 is 23.8 Å². The number of carbonyl (C=O) groups is 2. The molecule has 2 heterocycles. The molecule has 1 spiro atoms. The molecule has 0 unspecified atom stereocenters. The van der Waals surface area contributed by atoms with Gasteiger partial charge < -0.3 is 24.4 Å². The Hall–Kier alpha value is -2.28. The number of fused-ring (bicyclic) bond motifs is 3.